The van der Waals surface area contributed by atoms with Crippen LogP contribution in [0.3, 0.4) is 0 Å². The minimum Gasteiger partial charge on any atom is -0.481 e. The van der Waals surface area contributed by atoms with Crippen molar-refractivity contribution >= 4 is 17.7 Å². The van der Waals surface area contributed by atoms with E-state index in [0.717, 1.165) is 12.8 Å². The summed E-state index contributed by atoms with van der Waals surface area (Å²) in [4.78, 5) is 11.2. The summed E-state index contributed by atoms with van der Waals surface area (Å²) < 4.78 is 28.0. The van der Waals surface area contributed by atoms with Crippen LogP contribution in [0.15, 0.2) is 17.0 Å². The van der Waals surface area contributed by atoms with E-state index in [1.54, 1.807) is 6.26 Å². The Hall–Kier alpha value is -1.10. The van der Waals surface area contributed by atoms with Gasteiger partial charge in [0.1, 0.15) is 11.6 Å². The molecular weight excluding hydrogens is 258 g/mol. The molecule has 2 nitrogen and oxygen atoms in total. The predicted molar refractivity (Wildman–Crippen MR) is 65.9 cm³/mol. The number of thioether (sulfide) groups is 1. The van der Waals surface area contributed by atoms with Gasteiger partial charge < -0.3 is 5.11 Å². The number of hydrogen-bond donors (Lipinski definition) is 1. The number of halogens is 2. The highest BCUT2D eigenvalue weighted by atomic mass is 32.2. The van der Waals surface area contributed by atoms with Crippen LogP contribution in [0.4, 0.5) is 8.78 Å². The topological polar surface area (TPSA) is 37.3 Å². The lowest BCUT2D eigenvalue weighted by Crippen LogP contribution is -2.12. The molecule has 1 aliphatic rings. The van der Waals surface area contributed by atoms with Crippen LogP contribution < -0.4 is 0 Å². The maximum Gasteiger partial charge on any atom is 0.303 e. The first-order valence-electron chi connectivity index (χ1n) is 5.78. The molecule has 1 unspecified atom stereocenters. The first kappa shape index (κ1) is 13.3. The molecule has 1 N–H and O–H groups in total. The second kappa shape index (κ2) is 5.26. The molecule has 0 spiro atoms. The Morgan fingerprint density at radius 1 is 1.50 bits per heavy atom. The average molecular weight is 272 g/mol. The number of carbonyl (C=O) groups is 1. The minimum absolute atomic E-state index is 0.0493. The summed E-state index contributed by atoms with van der Waals surface area (Å²) in [7, 11) is 0. The van der Waals surface area contributed by atoms with Gasteiger partial charge in [0.2, 0.25) is 0 Å². The third kappa shape index (κ3) is 2.66. The van der Waals surface area contributed by atoms with Gasteiger partial charge in [-0.15, -0.1) is 11.8 Å². The third-order valence-corrected chi connectivity index (χ3v) is 4.02. The predicted octanol–water partition coefficient (Wildman–Crippen LogP) is 3.66. The molecule has 98 valence electrons. The van der Waals surface area contributed by atoms with Gasteiger partial charge in [0.15, 0.2) is 0 Å². The van der Waals surface area contributed by atoms with Crippen molar-refractivity contribution in [2.45, 2.75) is 30.1 Å². The molecule has 1 fully saturated rings. The molecule has 0 heterocycles. The van der Waals surface area contributed by atoms with Crippen molar-refractivity contribution in [3.8, 4) is 0 Å². The fourth-order valence-corrected chi connectivity index (χ4v) is 2.73. The molecule has 0 amide bonds. The van der Waals surface area contributed by atoms with Gasteiger partial charge in [0.25, 0.3) is 0 Å². The molecule has 0 aromatic heterocycles. The number of carboxylic acids is 1. The van der Waals surface area contributed by atoms with Crippen LogP contribution >= 0.6 is 11.8 Å². The van der Waals surface area contributed by atoms with Crippen molar-refractivity contribution in [3.05, 3.63) is 29.3 Å². The lowest BCUT2D eigenvalue weighted by atomic mass is 9.90. The van der Waals surface area contributed by atoms with Gasteiger partial charge in [-0.25, -0.2) is 8.78 Å². The largest absolute Gasteiger partial charge is 0.481 e. The van der Waals surface area contributed by atoms with Crippen LogP contribution in [0.25, 0.3) is 0 Å². The Labute approximate surface area is 108 Å². The molecule has 1 aromatic carbocycles. The van der Waals surface area contributed by atoms with Crippen LogP contribution in [0.1, 0.15) is 30.7 Å². The van der Waals surface area contributed by atoms with Gasteiger partial charge in [0.05, 0.1) is 6.42 Å². The number of hydrogen-bond acceptors (Lipinski definition) is 2. The van der Waals surface area contributed by atoms with Crippen LogP contribution in [0.2, 0.25) is 0 Å². The summed E-state index contributed by atoms with van der Waals surface area (Å²) in [6.07, 6.45) is 3.19. The molecule has 1 aliphatic carbocycles. The molecule has 18 heavy (non-hydrogen) atoms. The Bertz CT molecular complexity index is 472. The minimum atomic E-state index is -1.01. The molecule has 1 atom stereocenters. The van der Waals surface area contributed by atoms with Crippen LogP contribution in [-0.4, -0.2) is 17.3 Å². The molecule has 0 bridgehead atoms. The van der Waals surface area contributed by atoms with E-state index in [0.29, 0.717) is 4.90 Å². The highest BCUT2D eigenvalue weighted by Crippen LogP contribution is 2.46. The van der Waals surface area contributed by atoms with Gasteiger partial charge in [-0.3, -0.25) is 4.79 Å². The highest BCUT2D eigenvalue weighted by Gasteiger charge is 2.37. The van der Waals surface area contributed by atoms with Crippen molar-refractivity contribution in [1.29, 1.82) is 0 Å². The molecule has 0 saturated heterocycles. The molecule has 5 heteroatoms. The fraction of sp³-hybridized carbons (Fsp3) is 0.462. The van der Waals surface area contributed by atoms with Crippen molar-refractivity contribution in [1.82, 2.24) is 0 Å². The van der Waals surface area contributed by atoms with Gasteiger partial charge >= 0.3 is 5.97 Å². The molecule has 0 radical (unpaired) electrons. The monoisotopic (exact) mass is 272 g/mol. The average Bonchev–Trinajstić information content (AvgIpc) is 3.11. The van der Waals surface area contributed by atoms with E-state index >= 15 is 0 Å². The van der Waals surface area contributed by atoms with Crippen LogP contribution in [-0.2, 0) is 4.79 Å². The third-order valence-electron chi connectivity index (χ3n) is 3.27. The van der Waals surface area contributed by atoms with Crippen LogP contribution in [0, 0.1) is 17.6 Å². The van der Waals surface area contributed by atoms with E-state index in [2.05, 4.69) is 0 Å². The molecule has 2 rings (SSSR count). The maximum atomic E-state index is 14.2. The highest BCUT2D eigenvalue weighted by molar-refractivity contribution is 7.98. The van der Waals surface area contributed by atoms with Crippen molar-refractivity contribution < 1.29 is 18.7 Å². The zero-order valence-electron chi connectivity index (χ0n) is 9.95. The maximum absolute atomic E-state index is 14.2. The van der Waals surface area contributed by atoms with E-state index < -0.39 is 23.5 Å². The molecule has 1 saturated carbocycles. The van der Waals surface area contributed by atoms with E-state index in [-0.39, 0.29) is 17.9 Å². The Balaban J connectivity index is 2.42. The van der Waals surface area contributed by atoms with Crippen molar-refractivity contribution in [2.75, 3.05) is 6.26 Å². The van der Waals surface area contributed by atoms with Crippen molar-refractivity contribution in [3.63, 3.8) is 0 Å². The number of aliphatic carboxylic acids is 1. The van der Waals surface area contributed by atoms with Gasteiger partial charge in [-0.05, 0) is 37.1 Å². The summed E-state index contributed by atoms with van der Waals surface area (Å²) in [5, 5.41) is 8.88. The number of rotatable bonds is 5. The zero-order chi connectivity index (χ0) is 13.3. The van der Waals surface area contributed by atoms with E-state index in [9.17, 15) is 13.6 Å². The number of benzene rings is 1. The first-order chi connectivity index (χ1) is 8.54. The van der Waals surface area contributed by atoms with E-state index in [4.69, 9.17) is 5.11 Å². The Morgan fingerprint density at radius 2 is 2.17 bits per heavy atom. The normalized spacial score (nSPS) is 16.6. The Kier molecular flexibility index (Phi) is 3.90. The summed E-state index contributed by atoms with van der Waals surface area (Å²) in [6.45, 7) is 0. The smallest absolute Gasteiger partial charge is 0.303 e. The van der Waals surface area contributed by atoms with Crippen LogP contribution in [0.5, 0.6) is 0 Å². The van der Waals surface area contributed by atoms with Gasteiger partial charge in [-0.2, -0.15) is 0 Å². The van der Waals surface area contributed by atoms with E-state index in [1.165, 1.54) is 23.9 Å². The first-order valence-corrected chi connectivity index (χ1v) is 7.00. The summed E-state index contributed by atoms with van der Waals surface area (Å²) in [5.41, 5.74) is -0.0493. The lowest BCUT2D eigenvalue weighted by molar-refractivity contribution is -0.137. The quantitative estimate of drug-likeness (QED) is 0.831. The SMILES string of the molecule is CSc1ccc(F)c(C(CC(=O)O)C2CC2)c1F. The zero-order valence-corrected chi connectivity index (χ0v) is 10.8. The second-order valence-corrected chi connectivity index (χ2v) is 5.37. The Morgan fingerprint density at radius 3 is 2.67 bits per heavy atom. The molecular formula is C13H14F2O2S. The van der Waals surface area contributed by atoms with Gasteiger partial charge in [0, 0.05) is 16.4 Å². The second-order valence-electron chi connectivity index (χ2n) is 4.52. The number of carboxylic acid groups (broad SMARTS) is 1. The summed E-state index contributed by atoms with van der Waals surface area (Å²) in [6, 6.07) is 2.62. The van der Waals surface area contributed by atoms with E-state index in [1.807, 2.05) is 0 Å². The standard InChI is InChI=1S/C13H14F2O2S/c1-18-10-5-4-9(14)12(13(10)15)8(6-11(16)17)7-2-3-7/h4-5,7-8H,2-3,6H2,1H3,(H,16,17). The molecule has 0 aliphatic heterocycles. The lowest BCUT2D eigenvalue weighted by Gasteiger charge is -2.17. The van der Waals surface area contributed by atoms with Crippen molar-refractivity contribution in [2.24, 2.45) is 5.92 Å². The fourth-order valence-electron chi connectivity index (χ4n) is 2.24. The summed E-state index contributed by atoms with van der Waals surface area (Å²) in [5.74, 6) is -2.69. The summed E-state index contributed by atoms with van der Waals surface area (Å²) >= 11 is 1.20. The van der Waals surface area contributed by atoms with Gasteiger partial charge in [-0.1, -0.05) is 0 Å². The molecule has 1 aromatic rings.